The van der Waals surface area contributed by atoms with Gasteiger partial charge in [0, 0.05) is 0 Å². The molecule has 0 bridgehead atoms. The van der Waals surface area contributed by atoms with E-state index in [9.17, 15) is 0 Å². The molecule has 0 aliphatic carbocycles. The summed E-state index contributed by atoms with van der Waals surface area (Å²) in [5, 5.41) is 0. The number of benzene rings is 2. The van der Waals surface area contributed by atoms with Gasteiger partial charge in [-0.25, -0.2) is 0 Å². The molecule has 0 heterocycles. The molecule has 2 heteroatoms. The fourth-order valence-corrected chi connectivity index (χ4v) is 2.06. The van der Waals surface area contributed by atoms with Gasteiger partial charge < -0.3 is 9.47 Å². The van der Waals surface area contributed by atoms with E-state index in [1.165, 1.54) is 0 Å². The third-order valence-electron chi connectivity index (χ3n) is 3.34. The van der Waals surface area contributed by atoms with Crippen molar-refractivity contribution in [2.45, 2.75) is 32.3 Å². The van der Waals surface area contributed by atoms with Crippen LogP contribution in [0.2, 0.25) is 0 Å². The third kappa shape index (κ3) is 5.18. The smallest absolute Gasteiger partial charge is 0.102 e. The molecule has 2 aromatic rings. The van der Waals surface area contributed by atoms with Gasteiger partial charge in [-0.15, -0.1) is 6.58 Å². The number of ether oxygens (including phenoxy) is 2. The van der Waals surface area contributed by atoms with Gasteiger partial charge in [-0.05, 0) is 18.1 Å². The Morgan fingerprint density at radius 3 is 1.81 bits per heavy atom. The molecule has 0 aromatic heterocycles. The second-order valence-corrected chi connectivity index (χ2v) is 5.00. The fourth-order valence-electron chi connectivity index (χ4n) is 2.06. The van der Waals surface area contributed by atoms with Crippen LogP contribution in [0.15, 0.2) is 73.3 Å². The van der Waals surface area contributed by atoms with Crippen LogP contribution in [-0.4, -0.2) is 12.2 Å². The summed E-state index contributed by atoms with van der Waals surface area (Å²) >= 11 is 0. The molecule has 0 amide bonds. The van der Waals surface area contributed by atoms with E-state index in [1.54, 1.807) is 6.08 Å². The first-order valence-corrected chi connectivity index (χ1v) is 7.23. The molecular weight excluding hydrogens is 260 g/mol. The molecule has 2 rings (SSSR count). The van der Waals surface area contributed by atoms with E-state index >= 15 is 0 Å². The molecule has 21 heavy (non-hydrogen) atoms. The zero-order chi connectivity index (χ0) is 14.9. The van der Waals surface area contributed by atoms with Gasteiger partial charge in [-0.3, -0.25) is 0 Å². The highest BCUT2D eigenvalue weighted by molar-refractivity contribution is 5.14. The third-order valence-corrected chi connectivity index (χ3v) is 3.34. The van der Waals surface area contributed by atoms with Crippen LogP contribution < -0.4 is 0 Å². The Labute approximate surface area is 127 Å². The van der Waals surface area contributed by atoms with Gasteiger partial charge in [0.15, 0.2) is 0 Å². The molecule has 0 unspecified atom stereocenters. The van der Waals surface area contributed by atoms with E-state index < -0.39 is 0 Å². The lowest BCUT2D eigenvalue weighted by atomic mass is 10.2. The first-order chi connectivity index (χ1) is 10.3. The average Bonchev–Trinajstić information content (AvgIpc) is 2.55. The minimum atomic E-state index is -0.117. The standard InChI is InChI=1S/C19H22O2/c1-3-19(21-15-18-12-8-5-9-13-18)16(2)20-14-17-10-6-4-7-11-17/h3-13,16,19H,1,14-15H2,2H3/t16-,19+/m0/s1. The lowest BCUT2D eigenvalue weighted by Gasteiger charge is -2.22. The largest absolute Gasteiger partial charge is 0.371 e. The summed E-state index contributed by atoms with van der Waals surface area (Å²) in [5.41, 5.74) is 2.31. The summed E-state index contributed by atoms with van der Waals surface area (Å²) in [4.78, 5) is 0. The van der Waals surface area contributed by atoms with Gasteiger partial charge in [0.1, 0.15) is 6.10 Å². The predicted molar refractivity (Wildman–Crippen MR) is 85.9 cm³/mol. The molecule has 0 saturated heterocycles. The lowest BCUT2D eigenvalue weighted by Crippen LogP contribution is -2.27. The molecule has 2 nitrogen and oxygen atoms in total. The first kappa shape index (κ1) is 15.5. The minimum Gasteiger partial charge on any atom is -0.371 e. The number of rotatable bonds is 8. The normalized spacial score (nSPS) is 13.6. The average molecular weight is 282 g/mol. The van der Waals surface area contributed by atoms with Gasteiger partial charge in [0.05, 0.1) is 19.3 Å². The summed E-state index contributed by atoms with van der Waals surface area (Å²) in [6.45, 7) is 7.01. The van der Waals surface area contributed by atoms with Crippen molar-refractivity contribution in [3.8, 4) is 0 Å². The van der Waals surface area contributed by atoms with Crippen molar-refractivity contribution in [2.24, 2.45) is 0 Å². The van der Waals surface area contributed by atoms with Crippen LogP contribution in [-0.2, 0) is 22.7 Å². The maximum Gasteiger partial charge on any atom is 0.102 e. The van der Waals surface area contributed by atoms with E-state index in [1.807, 2.05) is 43.3 Å². The molecular formula is C19H22O2. The predicted octanol–water partition coefficient (Wildman–Crippen LogP) is 4.36. The van der Waals surface area contributed by atoms with Crippen molar-refractivity contribution >= 4 is 0 Å². The summed E-state index contributed by atoms with van der Waals surface area (Å²) in [7, 11) is 0. The second kappa shape index (κ2) is 8.40. The van der Waals surface area contributed by atoms with Crippen molar-refractivity contribution in [2.75, 3.05) is 0 Å². The summed E-state index contributed by atoms with van der Waals surface area (Å²) in [6, 6.07) is 20.3. The Balaban J connectivity index is 1.81. The molecule has 110 valence electrons. The van der Waals surface area contributed by atoms with Crippen LogP contribution in [0, 0.1) is 0 Å². The van der Waals surface area contributed by atoms with E-state index in [4.69, 9.17) is 9.47 Å². The van der Waals surface area contributed by atoms with Crippen molar-refractivity contribution in [3.63, 3.8) is 0 Å². The van der Waals surface area contributed by atoms with E-state index in [2.05, 4.69) is 30.8 Å². The maximum absolute atomic E-state index is 5.88. The zero-order valence-corrected chi connectivity index (χ0v) is 12.4. The van der Waals surface area contributed by atoms with Gasteiger partial charge >= 0.3 is 0 Å². The SMILES string of the molecule is C=C[C@@H](OCc1ccccc1)[C@H](C)OCc1ccccc1. The zero-order valence-electron chi connectivity index (χ0n) is 12.4. The molecule has 2 aromatic carbocycles. The Morgan fingerprint density at radius 1 is 0.857 bits per heavy atom. The second-order valence-electron chi connectivity index (χ2n) is 5.00. The summed E-state index contributed by atoms with van der Waals surface area (Å²) < 4.78 is 11.8. The minimum absolute atomic E-state index is 0.0357. The van der Waals surface area contributed by atoms with Crippen LogP contribution >= 0.6 is 0 Å². The van der Waals surface area contributed by atoms with Crippen LogP contribution in [0.25, 0.3) is 0 Å². The van der Waals surface area contributed by atoms with Crippen molar-refractivity contribution < 1.29 is 9.47 Å². The molecule has 0 radical (unpaired) electrons. The van der Waals surface area contributed by atoms with Gasteiger partial charge in [0.2, 0.25) is 0 Å². The Morgan fingerprint density at radius 2 is 1.33 bits per heavy atom. The maximum atomic E-state index is 5.88. The number of hydrogen-bond acceptors (Lipinski definition) is 2. The van der Waals surface area contributed by atoms with Gasteiger partial charge in [-0.2, -0.15) is 0 Å². The van der Waals surface area contributed by atoms with Crippen LogP contribution in [0.4, 0.5) is 0 Å². The van der Waals surface area contributed by atoms with E-state index in [-0.39, 0.29) is 12.2 Å². The molecule has 0 aliphatic rings. The monoisotopic (exact) mass is 282 g/mol. The van der Waals surface area contributed by atoms with E-state index in [0.717, 1.165) is 11.1 Å². The Bertz CT molecular complexity index is 522. The summed E-state index contributed by atoms with van der Waals surface area (Å²) in [5.74, 6) is 0. The Kier molecular flexibility index (Phi) is 6.20. The quantitative estimate of drug-likeness (QED) is 0.670. The molecule has 0 saturated carbocycles. The van der Waals surface area contributed by atoms with Crippen LogP contribution in [0.3, 0.4) is 0 Å². The van der Waals surface area contributed by atoms with E-state index in [0.29, 0.717) is 13.2 Å². The molecule has 0 fully saturated rings. The topological polar surface area (TPSA) is 18.5 Å². The van der Waals surface area contributed by atoms with Crippen LogP contribution in [0.1, 0.15) is 18.1 Å². The van der Waals surface area contributed by atoms with Crippen LogP contribution in [0.5, 0.6) is 0 Å². The fraction of sp³-hybridized carbons (Fsp3) is 0.263. The lowest BCUT2D eigenvalue weighted by molar-refractivity contribution is -0.0554. The highest BCUT2D eigenvalue weighted by atomic mass is 16.5. The first-order valence-electron chi connectivity index (χ1n) is 7.23. The van der Waals surface area contributed by atoms with Crippen molar-refractivity contribution in [1.29, 1.82) is 0 Å². The van der Waals surface area contributed by atoms with Crippen molar-refractivity contribution in [1.82, 2.24) is 0 Å². The molecule has 0 spiro atoms. The van der Waals surface area contributed by atoms with Gasteiger partial charge in [0.25, 0.3) is 0 Å². The highest BCUT2D eigenvalue weighted by Gasteiger charge is 2.15. The molecule has 2 atom stereocenters. The molecule has 0 N–H and O–H groups in total. The number of hydrogen-bond donors (Lipinski definition) is 0. The summed E-state index contributed by atoms with van der Waals surface area (Å²) in [6.07, 6.45) is 1.65. The highest BCUT2D eigenvalue weighted by Crippen LogP contribution is 2.12. The molecule has 0 aliphatic heterocycles. The van der Waals surface area contributed by atoms with Gasteiger partial charge in [-0.1, -0.05) is 66.7 Å². The Hall–Kier alpha value is -1.90. The van der Waals surface area contributed by atoms with Crippen molar-refractivity contribution in [3.05, 3.63) is 84.4 Å².